The Morgan fingerprint density at radius 1 is 1.23 bits per heavy atom. The minimum Gasteiger partial charge on any atom is -0.378 e. The lowest BCUT2D eigenvalue weighted by Crippen LogP contribution is -2.21. The summed E-state index contributed by atoms with van der Waals surface area (Å²) >= 11 is 0. The van der Waals surface area contributed by atoms with Crippen LogP contribution in [0.4, 0.5) is 11.5 Å². The molecule has 1 fully saturated rings. The Morgan fingerprint density at radius 2 is 2.00 bits per heavy atom. The normalized spacial score (nSPS) is 14.1. The fraction of sp³-hybridized carbons (Fsp3) is 0.333. The minimum absolute atomic E-state index is 0.00291. The van der Waals surface area contributed by atoms with E-state index >= 15 is 0 Å². The van der Waals surface area contributed by atoms with Crippen molar-refractivity contribution in [1.29, 1.82) is 0 Å². The average Bonchev–Trinajstić information content (AvgIpc) is 3.30. The van der Waals surface area contributed by atoms with Crippen LogP contribution in [-0.4, -0.2) is 41.8 Å². The first-order chi connectivity index (χ1) is 15.0. The van der Waals surface area contributed by atoms with Crippen LogP contribution in [-0.2, 0) is 0 Å². The van der Waals surface area contributed by atoms with Gasteiger partial charge >= 0.3 is 0 Å². The van der Waals surface area contributed by atoms with Crippen molar-refractivity contribution in [3.05, 3.63) is 40.1 Å². The third-order valence-corrected chi connectivity index (χ3v) is 4.91. The number of anilines is 1. The van der Waals surface area contributed by atoms with E-state index in [-0.39, 0.29) is 28.7 Å². The molecule has 0 atom stereocenters. The molecular formula is C18H19N9O4. The zero-order chi connectivity index (χ0) is 21.8. The molecule has 31 heavy (non-hydrogen) atoms. The number of nitrogens with zero attached hydrogens (tertiary/aromatic N) is 7. The van der Waals surface area contributed by atoms with Gasteiger partial charge in [0, 0.05) is 23.4 Å². The maximum atomic E-state index is 12.9. The number of benzene rings is 1. The van der Waals surface area contributed by atoms with Crippen LogP contribution in [0.15, 0.2) is 34.0 Å². The summed E-state index contributed by atoms with van der Waals surface area (Å²) in [5.74, 6) is -0.690. The lowest BCUT2D eigenvalue weighted by molar-refractivity contribution is -0.384. The van der Waals surface area contributed by atoms with Gasteiger partial charge in [-0.2, -0.15) is 9.78 Å². The van der Waals surface area contributed by atoms with Gasteiger partial charge in [-0.1, -0.05) is 30.2 Å². The molecule has 1 saturated carbocycles. The second-order valence-corrected chi connectivity index (χ2v) is 7.01. The van der Waals surface area contributed by atoms with E-state index in [1.807, 2.05) is 0 Å². The van der Waals surface area contributed by atoms with E-state index in [2.05, 4.69) is 35.8 Å². The molecule has 13 nitrogen and oxygen atoms in total. The van der Waals surface area contributed by atoms with Crippen molar-refractivity contribution in [2.24, 2.45) is 5.10 Å². The number of non-ortho nitro benzene ring substituents is 1. The third kappa shape index (κ3) is 4.24. The largest absolute Gasteiger partial charge is 0.378 e. The number of nitrogens with two attached hydrogens (primary N) is 1. The highest BCUT2D eigenvalue weighted by Gasteiger charge is 2.26. The van der Waals surface area contributed by atoms with E-state index in [0.717, 1.165) is 48.9 Å². The number of aromatic nitrogens is 5. The van der Waals surface area contributed by atoms with Gasteiger partial charge in [-0.15, -0.1) is 5.10 Å². The standard InChI is InChI=1S/C18H19N9O4/c19-16-17(24-31-23-16)26-15(11-6-5-9-13(10-11)27(29)30)14(21-25-26)18(28)22-20-12-7-3-1-2-4-8-12/h5-6,9-10H,1-4,7-8H2,(H2,19,23)(H,22,28). The number of nitrogens with one attached hydrogen (secondary N) is 1. The Balaban J connectivity index is 1.74. The predicted octanol–water partition coefficient (Wildman–Crippen LogP) is 2.25. The molecule has 0 spiro atoms. The van der Waals surface area contributed by atoms with Crippen LogP contribution in [0.5, 0.6) is 0 Å². The molecule has 3 N–H and O–H groups in total. The molecule has 0 bridgehead atoms. The van der Waals surface area contributed by atoms with E-state index in [9.17, 15) is 14.9 Å². The summed E-state index contributed by atoms with van der Waals surface area (Å²) in [6.45, 7) is 0. The first-order valence-corrected chi connectivity index (χ1v) is 9.69. The summed E-state index contributed by atoms with van der Waals surface area (Å²) in [6, 6.07) is 5.71. The number of amides is 1. The Hall–Kier alpha value is -4.16. The van der Waals surface area contributed by atoms with Gasteiger partial charge in [0.2, 0.25) is 11.6 Å². The maximum Gasteiger partial charge on any atom is 0.294 e. The number of rotatable bonds is 5. The molecule has 3 aromatic rings. The highest BCUT2D eigenvalue weighted by Crippen LogP contribution is 2.29. The van der Waals surface area contributed by atoms with Gasteiger partial charge in [-0.25, -0.2) is 10.1 Å². The van der Waals surface area contributed by atoms with Gasteiger partial charge in [-0.05, 0) is 36.0 Å². The zero-order valence-corrected chi connectivity index (χ0v) is 16.4. The lowest BCUT2D eigenvalue weighted by atomic mass is 10.1. The Kier molecular flexibility index (Phi) is 5.64. The Morgan fingerprint density at radius 3 is 2.68 bits per heavy atom. The van der Waals surface area contributed by atoms with Crippen molar-refractivity contribution < 1.29 is 14.3 Å². The molecule has 0 aliphatic heterocycles. The summed E-state index contributed by atoms with van der Waals surface area (Å²) in [6.07, 6.45) is 6.00. The molecule has 1 aliphatic rings. The molecular weight excluding hydrogens is 406 g/mol. The monoisotopic (exact) mass is 425 g/mol. The van der Waals surface area contributed by atoms with Gasteiger partial charge in [0.25, 0.3) is 11.6 Å². The van der Waals surface area contributed by atoms with Crippen LogP contribution in [0.25, 0.3) is 17.1 Å². The lowest BCUT2D eigenvalue weighted by Gasteiger charge is -2.06. The molecule has 0 radical (unpaired) electrons. The van der Waals surface area contributed by atoms with Crippen LogP contribution < -0.4 is 11.2 Å². The second kappa shape index (κ2) is 8.69. The fourth-order valence-electron chi connectivity index (χ4n) is 3.38. The molecule has 2 aromatic heterocycles. The topological polar surface area (TPSA) is 180 Å². The predicted molar refractivity (Wildman–Crippen MR) is 108 cm³/mol. The number of nitro groups is 1. The van der Waals surface area contributed by atoms with Gasteiger partial charge in [-0.3, -0.25) is 14.9 Å². The summed E-state index contributed by atoms with van der Waals surface area (Å²) in [5, 5.41) is 30.6. The molecule has 0 saturated heterocycles. The van der Waals surface area contributed by atoms with Gasteiger partial charge in [0.1, 0.15) is 5.69 Å². The zero-order valence-electron chi connectivity index (χ0n) is 16.4. The first kappa shape index (κ1) is 20.1. The van der Waals surface area contributed by atoms with Crippen LogP contribution in [0, 0.1) is 10.1 Å². The summed E-state index contributed by atoms with van der Waals surface area (Å²) in [7, 11) is 0. The van der Waals surface area contributed by atoms with E-state index in [1.54, 1.807) is 6.07 Å². The molecule has 13 heteroatoms. The summed E-state index contributed by atoms with van der Waals surface area (Å²) in [4.78, 5) is 23.6. The fourth-order valence-corrected chi connectivity index (χ4v) is 3.38. The highest BCUT2D eigenvalue weighted by atomic mass is 16.6. The van der Waals surface area contributed by atoms with E-state index in [0.29, 0.717) is 5.56 Å². The molecule has 1 amide bonds. The van der Waals surface area contributed by atoms with Crippen molar-refractivity contribution in [3.8, 4) is 17.1 Å². The number of nitro benzene ring substituents is 1. The van der Waals surface area contributed by atoms with E-state index in [1.165, 1.54) is 18.2 Å². The smallest absolute Gasteiger partial charge is 0.294 e. The van der Waals surface area contributed by atoms with Crippen molar-refractivity contribution in [3.63, 3.8) is 0 Å². The van der Waals surface area contributed by atoms with Gasteiger partial charge < -0.3 is 5.73 Å². The van der Waals surface area contributed by atoms with Gasteiger partial charge in [0.05, 0.1) is 4.92 Å². The van der Waals surface area contributed by atoms with Crippen molar-refractivity contribution >= 4 is 23.1 Å². The van der Waals surface area contributed by atoms with Gasteiger partial charge in [0.15, 0.2) is 5.69 Å². The number of hydrogen-bond donors (Lipinski definition) is 2. The van der Waals surface area contributed by atoms with Crippen LogP contribution in [0.1, 0.15) is 49.0 Å². The van der Waals surface area contributed by atoms with Crippen molar-refractivity contribution in [2.75, 3.05) is 5.73 Å². The van der Waals surface area contributed by atoms with E-state index < -0.39 is 10.8 Å². The molecule has 2 heterocycles. The quantitative estimate of drug-likeness (QED) is 0.352. The molecule has 1 aliphatic carbocycles. The van der Waals surface area contributed by atoms with Crippen molar-refractivity contribution in [1.82, 2.24) is 30.7 Å². The number of hydrazone groups is 1. The van der Waals surface area contributed by atoms with Crippen LogP contribution >= 0.6 is 0 Å². The Labute approximate surface area is 175 Å². The average molecular weight is 425 g/mol. The number of hydrogen-bond acceptors (Lipinski definition) is 10. The molecule has 160 valence electrons. The maximum absolute atomic E-state index is 12.9. The molecule has 0 unspecified atom stereocenters. The summed E-state index contributed by atoms with van der Waals surface area (Å²) < 4.78 is 5.77. The summed E-state index contributed by atoms with van der Waals surface area (Å²) in [5.41, 5.74) is 9.41. The number of nitrogen functional groups attached to an aromatic ring is 1. The first-order valence-electron chi connectivity index (χ1n) is 9.69. The number of carbonyl (C=O) groups is 1. The van der Waals surface area contributed by atoms with Crippen LogP contribution in [0.3, 0.4) is 0 Å². The number of carbonyl (C=O) groups excluding carboxylic acids is 1. The van der Waals surface area contributed by atoms with Crippen molar-refractivity contribution in [2.45, 2.75) is 38.5 Å². The second-order valence-electron chi connectivity index (χ2n) is 7.01. The third-order valence-electron chi connectivity index (χ3n) is 4.91. The van der Waals surface area contributed by atoms with Crippen LogP contribution in [0.2, 0.25) is 0 Å². The molecule has 1 aromatic carbocycles. The highest BCUT2D eigenvalue weighted by molar-refractivity contribution is 5.99. The molecule has 4 rings (SSSR count). The minimum atomic E-state index is -0.612. The SMILES string of the molecule is Nc1nonc1-n1nnc(C(=O)NN=C2CCCCCC2)c1-c1cccc([N+](=O)[O-])c1. The van der Waals surface area contributed by atoms with E-state index in [4.69, 9.17) is 5.73 Å². The Bertz CT molecular complexity index is 1140.